The summed E-state index contributed by atoms with van der Waals surface area (Å²) < 4.78 is 5.42. The molecule has 0 atom stereocenters. The number of ether oxygens (including phenoxy) is 1. The number of aromatic nitrogens is 1. The third-order valence-corrected chi connectivity index (χ3v) is 4.04. The van der Waals surface area contributed by atoms with Gasteiger partial charge in [0, 0.05) is 5.69 Å². The molecule has 0 spiro atoms. The SMILES string of the molecule is CCCCCc1c(C)[nH]c(C(=O)OCc2ccccc2)c1C. The largest absolute Gasteiger partial charge is 0.456 e. The van der Waals surface area contributed by atoms with Crippen LogP contribution < -0.4 is 0 Å². The van der Waals surface area contributed by atoms with E-state index in [2.05, 4.69) is 11.9 Å². The first kappa shape index (κ1) is 16.3. The Balaban J connectivity index is 2.02. The molecule has 1 heterocycles. The van der Waals surface area contributed by atoms with Crippen molar-refractivity contribution in [2.45, 2.75) is 53.1 Å². The second-order valence-corrected chi connectivity index (χ2v) is 5.75. The van der Waals surface area contributed by atoms with Gasteiger partial charge in [-0.2, -0.15) is 0 Å². The monoisotopic (exact) mass is 299 g/mol. The fraction of sp³-hybridized carbons (Fsp3) is 0.421. The molecule has 2 aromatic rings. The van der Waals surface area contributed by atoms with Gasteiger partial charge in [0.2, 0.25) is 0 Å². The number of benzene rings is 1. The van der Waals surface area contributed by atoms with Crippen molar-refractivity contribution in [1.82, 2.24) is 4.98 Å². The van der Waals surface area contributed by atoms with Gasteiger partial charge in [-0.25, -0.2) is 4.79 Å². The van der Waals surface area contributed by atoms with Gasteiger partial charge in [-0.3, -0.25) is 0 Å². The number of carbonyl (C=O) groups excluding carboxylic acids is 1. The second-order valence-electron chi connectivity index (χ2n) is 5.75. The Labute approximate surface area is 132 Å². The summed E-state index contributed by atoms with van der Waals surface area (Å²) in [7, 11) is 0. The first-order chi connectivity index (χ1) is 10.6. The molecule has 0 bridgehead atoms. The van der Waals surface area contributed by atoms with Crippen molar-refractivity contribution in [3.05, 3.63) is 58.4 Å². The lowest BCUT2D eigenvalue weighted by molar-refractivity contribution is 0.0465. The first-order valence-electron chi connectivity index (χ1n) is 8.02. The van der Waals surface area contributed by atoms with Crippen LogP contribution in [-0.2, 0) is 17.8 Å². The van der Waals surface area contributed by atoms with Gasteiger partial charge in [0.1, 0.15) is 12.3 Å². The molecule has 0 amide bonds. The molecule has 0 fully saturated rings. The molecule has 2 rings (SSSR count). The summed E-state index contributed by atoms with van der Waals surface area (Å²) >= 11 is 0. The number of hydrogen-bond acceptors (Lipinski definition) is 2. The van der Waals surface area contributed by atoms with Crippen LogP contribution in [0.15, 0.2) is 30.3 Å². The van der Waals surface area contributed by atoms with Crippen LogP contribution >= 0.6 is 0 Å². The number of unbranched alkanes of at least 4 members (excludes halogenated alkanes) is 2. The molecule has 0 aliphatic rings. The standard InChI is InChI=1S/C19H25NO2/c1-4-5-7-12-17-14(2)18(20-15(17)3)19(21)22-13-16-10-8-6-9-11-16/h6,8-11,20H,4-5,7,12-13H2,1-3H3. The van der Waals surface area contributed by atoms with Gasteiger partial charge in [0.05, 0.1) is 0 Å². The molecule has 0 aliphatic carbocycles. The van der Waals surface area contributed by atoms with Crippen molar-refractivity contribution in [1.29, 1.82) is 0 Å². The van der Waals surface area contributed by atoms with E-state index in [1.54, 1.807) is 0 Å². The topological polar surface area (TPSA) is 42.1 Å². The van der Waals surface area contributed by atoms with E-state index in [0.29, 0.717) is 12.3 Å². The Bertz CT molecular complexity index is 614. The summed E-state index contributed by atoms with van der Waals surface area (Å²) in [6, 6.07) is 9.75. The molecule has 22 heavy (non-hydrogen) atoms. The molecular formula is C19H25NO2. The zero-order chi connectivity index (χ0) is 15.9. The van der Waals surface area contributed by atoms with Crippen LogP contribution in [0.2, 0.25) is 0 Å². The molecule has 3 heteroatoms. The van der Waals surface area contributed by atoms with Crippen LogP contribution in [0.3, 0.4) is 0 Å². The Morgan fingerprint density at radius 3 is 2.55 bits per heavy atom. The van der Waals surface area contributed by atoms with Crippen molar-refractivity contribution in [3.8, 4) is 0 Å². The molecule has 1 aromatic heterocycles. The normalized spacial score (nSPS) is 10.7. The summed E-state index contributed by atoms with van der Waals surface area (Å²) in [4.78, 5) is 15.5. The van der Waals surface area contributed by atoms with E-state index < -0.39 is 0 Å². The van der Waals surface area contributed by atoms with E-state index in [1.807, 2.05) is 44.2 Å². The average Bonchev–Trinajstić information content (AvgIpc) is 2.82. The molecule has 0 radical (unpaired) electrons. The quantitative estimate of drug-likeness (QED) is 0.593. The summed E-state index contributed by atoms with van der Waals surface area (Å²) in [6.07, 6.45) is 4.61. The van der Waals surface area contributed by atoms with Gasteiger partial charge in [-0.05, 0) is 43.4 Å². The summed E-state index contributed by atoms with van der Waals surface area (Å²) in [6.45, 7) is 6.54. The molecule has 0 saturated carbocycles. The fourth-order valence-electron chi connectivity index (χ4n) is 2.72. The number of carbonyl (C=O) groups is 1. The van der Waals surface area contributed by atoms with Crippen molar-refractivity contribution < 1.29 is 9.53 Å². The maximum absolute atomic E-state index is 12.3. The lowest BCUT2D eigenvalue weighted by Crippen LogP contribution is -2.07. The number of esters is 1. The third-order valence-electron chi connectivity index (χ3n) is 4.04. The molecule has 118 valence electrons. The minimum atomic E-state index is -0.272. The van der Waals surface area contributed by atoms with E-state index in [4.69, 9.17) is 4.74 Å². The van der Waals surface area contributed by atoms with Gasteiger partial charge in [0.25, 0.3) is 0 Å². The number of aromatic amines is 1. The van der Waals surface area contributed by atoms with Crippen LogP contribution in [0.1, 0.15) is 59.1 Å². The van der Waals surface area contributed by atoms with Crippen molar-refractivity contribution >= 4 is 5.97 Å². The Kier molecular flexibility index (Phi) is 5.82. The van der Waals surface area contributed by atoms with Crippen LogP contribution in [-0.4, -0.2) is 11.0 Å². The van der Waals surface area contributed by atoms with E-state index in [0.717, 1.165) is 29.7 Å². The molecule has 0 aliphatic heterocycles. The van der Waals surface area contributed by atoms with Crippen molar-refractivity contribution in [3.63, 3.8) is 0 Å². The van der Waals surface area contributed by atoms with Gasteiger partial charge in [-0.1, -0.05) is 50.1 Å². The predicted octanol–water partition coefficient (Wildman–Crippen LogP) is 4.72. The van der Waals surface area contributed by atoms with E-state index in [1.165, 1.54) is 18.4 Å². The number of rotatable bonds is 7. The highest BCUT2D eigenvalue weighted by Crippen LogP contribution is 2.21. The molecule has 0 saturated heterocycles. The molecule has 1 aromatic carbocycles. The van der Waals surface area contributed by atoms with Crippen LogP contribution in [0.5, 0.6) is 0 Å². The summed E-state index contributed by atoms with van der Waals surface area (Å²) in [5.74, 6) is -0.272. The molecule has 0 unspecified atom stereocenters. The molecular weight excluding hydrogens is 274 g/mol. The minimum absolute atomic E-state index is 0.272. The van der Waals surface area contributed by atoms with E-state index in [-0.39, 0.29) is 5.97 Å². The predicted molar refractivity (Wildman–Crippen MR) is 89.1 cm³/mol. The van der Waals surface area contributed by atoms with Crippen LogP contribution in [0.4, 0.5) is 0 Å². The van der Waals surface area contributed by atoms with E-state index in [9.17, 15) is 4.79 Å². The minimum Gasteiger partial charge on any atom is -0.456 e. The maximum Gasteiger partial charge on any atom is 0.355 e. The van der Waals surface area contributed by atoms with Gasteiger partial charge in [0.15, 0.2) is 0 Å². The average molecular weight is 299 g/mol. The maximum atomic E-state index is 12.3. The van der Waals surface area contributed by atoms with Crippen LogP contribution in [0.25, 0.3) is 0 Å². The summed E-state index contributed by atoms with van der Waals surface area (Å²) in [5.41, 5.74) is 4.98. The van der Waals surface area contributed by atoms with Gasteiger partial charge in [-0.15, -0.1) is 0 Å². The Hall–Kier alpha value is -2.03. The fourth-order valence-corrected chi connectivity index (χ4v) is 2.72. The highest BCUT2D eigenvalue weighted by Gasteiger charge is 2.18. The zero-order valence-corrected chi connectivity index (χ0v) is 13.7. The lowest BCUT2D eigenvalue weighted by atomic mass is 10.0. The van der Waals surface area contributed by atoms with Crippen molar-refractivity contribution in [2.75, 3.05) is 0 Å². The highest BCUT2D eigenvalue weighted by atomic mass is 16.5. The smallest absolute Gasteiger partial charge is 0.355 e. The first-order valence-corrected chi connectivity index (χ1v) is 8.02. The third kappa shape index (κ3) is 4.00. The Morgan fingerprint density at radius 2 is 1.86 bits per heavy atom. The van der Waals surface area contributed by atoms with Gasteiger partial charge < -0.3 is 9.72 Å². The Morgan fingerprint density at radius 1 is 1.14 bits per heavy atom. The van der Waals surface area contributed by atoms with Gasteiger partial charge >= 0.3 is 5.97 Å². The number of H-pyrrole nitrogens is 1. The van der Waals surface area contributed by atoms with E-state index >= 15 is 0 Å². The number of hydrogen-bond donors (Lipinski definition) is 1. The number of nitrogens with one attached hydrogen (secondary N) is 1. The number of aryl methyl sites for hydroxylation is 1. The highest BCUT2D eigenvalue weighted by molar-refractivity contribution is 5.89. The molecule has 1 N–H and O–H groups in total. The second kappa shape index (κ2) is 7.83. The zero-order valence-electron chi connectivity index (χ0n) is 13.7. The molecule has 3 nitrogen and oxygen atoms in total. The van der Waals surface area contributed by atoms with Crippen LogP contribution in [0, 0.1) is 13.8 Å². The van der Waals surface area contributed by atoms with Crippen molar-refractivity contribution in [2.24, 2.45) is 0 Å². The lowest BCUT2D eigenvalue weighted by Gasteiger charge is -2.05. The summed E-state index contributed by atoms with van der Waals surface area (Å²) in [5, 5.41) is 0.